The number of hydrogen-bond acceptors (Lipinski definition) is 7. The molecule has 0 unspecified atom stereocenters. The van der Waals surface area contributed by atoms with Gasteiger partial charge in [-0.1, -0.05) is 0 Å². The predicted molar refractivity (Wildman–Crippen MR) is 122 cm³/mol. The first-order valence-corrected chi connectivity index (χ1v) is 11.0. The van der Waals surface area contributed by atoms with E-state index in [1.165, 1.54) is 22.5 Å². The number of ether oxygens (including phenoxy) is 1. The van der Waals surface area contributed by atoms with Crippen molar-refractivity contribution in [2.24, 2.45) is 5.73 Å². The number of nitrogens with zero attached hydrogens (tertiary/aromatic N) is 6. The van der Waals surface area contributed by atoms with E-state index in [4.69, 9.17) is 10.5 Å². The number of amides is 1. The second-order valence-corrected chi connectivity index (χ2v) is 8.34. The standard InChI is InChI=1S/C22H17F2N7O2S/c1-12-14-9-27-16(15-10-28-30-6-2-5-26-21(15)30)8-17(14)31(29-12)18-7-13(34-11-20(25)32)3-4-19(18)33-22(23)24/h2-10,22H,11H2,1H3,(H2,25,32). The Balaban J connectivity index is 1.68. The van der Waals surface area contributed by atoms with E-state index in [0.29, 0.717) is 38.7 Å². The first-order valence-electron chi connectivity index (χ1n) is 10.0. The lowest BCUT2D eigenvalue weighted by molar-refractivity contribution is -0.115. The van der Waals surface area contributed by atoms with E-state index in [2.05, 4.69) is 20.2 Å². The number of carbonyl (C=O) groups is 1. The molecule has 9 nitrogen and oxygen atoms in total. The van der Waals surface area contributed by atoms with Crippen molar-refractivity contribution in [3.05, 3.63) is 60.8 Å². The lowest BCUT2D eigenvalue weighted by Gasteiger charge is -2.13. The second-order valence-electron chi connectivity index (χ2n) is 7.29. The summed E-state index contributed by atoms with van der Waals surface area (Å²) in [7, 11) is 0. The Bertz CT molecular complexity index is 1530. The molecule has 0 saturated carbocycles. The van der Waals surface area contributed by atoms with Crippen LogP contribution in [0.2, 0.25) is 0 Å². The Kier molecular flexibility index (Phi) is 5.57. The molecule has 1 aromatic carbocycles. The van der Waals surface area contributed by atoms with Gasteiger partial charge in [-0.3, -0.25) is 9.78 Å². The van der Waals surface area contributed by atoms with Crippen LogP contribution in [0.15, 0.2) is 60.0 Å². The number of fused-ring (bicyclic) bond motifs is 2. The molecule has 4 heterocycles. The smallest absolute Gasteiger partial charge is 0.387 e. The molecule has 172 valence electrons. The van der Waals surface area contributed by atoms with Crippen LogP contribution >= 0.6 is 11.8 Å². The van der Waals surface area contributed by atoms with Gasteiger partial charge in [0.2, 0.25) is 5.91 Å². The molecule has 12 heteroatoms. The maximum Gasteiger partial charge on any atom is 0.387 e. The van der Waals surface area contributed by atoms with E-state index in [9.17, 15) is 13.6 Å². The van der Waals surface area contributed by atoms with Gasteiger partial charge in [-0.15, -0.1) is 11.8 Å². The monoisotopic (exact) mass is 481 g/mol. The topological polar surface area (TPSA) is 113 Å². The number of thioether (sulfide) groups is 1. The molecular formula is C22H17F2N7O2S. The summed E-state index contributed by atoms with van der Waals surface area (Å²) in [6, 6.07) is 8.22. The Morgan fingerprint density at radius 1 is 1.24 bits per heavy atom. The van der Waals surface area contributed by atoms with Gasteiger partial charge in [0.05, 0.1) is 34.4 Å². The third kappa shape index (κ3) is 4.03. The highest BCUT2D eigenvalue weighted by atomic mass is 32.2. The zero-order chi connectivity index (χ0) is 23.8. The molecule has 0 radical (unpaired) electrons. The van der Waals surface area contributed by atoms with Crippen LogP contribution in [0, 0.1) is 6.92 Å². The second kappa shape index (κ2) is 8.71. The van der Waals surface area contributed by atoms with E-state index in [1.807, 2.05) is 0 Å². The molecule has 34 heavy (non-hydrogen) atoms. The zero-order valence-corrected chi connectivity index (χ0v) is 18.5. The van der Waals surface area contributed by atoms with Crippen molar-refractivity contribution in [3.8, 4) is 22.7 Å². The van der Waals surface area contributed by atoms with Crippen molar-refractivity contribution >= 4 is 34.2 Å². The molecule has 1 amide bonds. The van der Waals surface area contributed by atoms with Crippen LogP contribution in [0.25, 0.3) is 33.5 Å². The number of carbonyl (C=O) groups excluding carboxylic acids is 1. The van der Waals surface area contributed by atoms with Crippen LogP contribution in [0.3, 0.4) is 0 Å². The van der Waals surface area contributed by atoms with E-state index >= 15 is 0 Å². The number of rotatable bonds is 7. The normalized spacial score (nSPS) is 11.5. The van der Waals surface area contributed by atoms with Gasteiger partial charge in [-0.2, -0.15) is 19.0 Å². The predicted octanol–water partition coefficient (Wildman–Crippen LogP) is 3.62. The van der Waals surface area contributed by atoms with E-state index in [0.717, 1.165) is 5.39 Å². The SMILES string of the molecule is Cc1nn(-c2cc(SCC(N)=O)ccc2OC(F)F)c2cc(-c3cnn4cccnc34)ncc12. The van der Waals surface area contributed by atoms with Gasteiger partial charge in [0.25, 0.3) is 0 Å². The fraction of sp³-hybridized carbons (Fsp3) is 0.136. The number of halogens is 2. The Morgan fingerprint density at radius 2 is 2.09 bits per heavy atom. The average Bonchev–Trinajstić information content (AvgIpc) is 3.39. The minimum absolute atomic E-state index is 0.0448. The Hall–Kier alpha value is -4.06. The molecule has 0 fully saturated rings. The average molecular weight is 481 g/mol. The molecule has 0 aliphatic carbocycles. The number of primary amides is 1. The van der Waals surface area contributed by atoms with Gasteiger partial charge >= 0.3 is 6.61 Å². The molecule has 0 bridgehead atoms. The minimum atomic E-state index is -3.02. The maximum atomic E-state index is 13.1. The summed E-state index contributed by atoms with van der Waals surface area (Å²) >= 11 is 1.19. The van der Waals surface area contributed by atoms with Gasteiger partial charge in [-0.25, -0.2) is 14.2 Å². The largest absolute Gasteiger partial charge is 0.433 e. The molecular weight excluding hydrogens is 464 g/mol. The summed E-state index contributed by atoms with van der Waals surface area (Å²) in [5.41, 5.74) is 8.77. The van der Waals surface area contributed by atoms with Crippen molar-refractivity contribution < 1.29 is 18.3 Å². The molecule has 2 N–H and O–H groups in total. The highest BCUT2D eigenvalue weighted by Gasteiger charge is 2.19. The van der Waals surface area contributed by atoms with Crippen LogP contribution in [-0.2, 0) is 4.79 Å². The molecule has 0 aliphatic heterocycles. The summed E-state index contributed by atoms with van der Waals surface area (Å²) in [5.74, 6) is -0.500. The summed E-state index contributed by atoms with van der Waals surface area (Å²) in [4.78, 5) is 20.8. The van der Waals surface area contributed by atoms with Crippen molar-refractivity contribution in [3.63, 3.8) is 0 Å². The first kappa shape index (κ1) is 21.8. The highest BCUT2D eigenvalue weighted by molar-refractivity contribution is 8.00. The van der Waals surface area contributed by atoms with E-state index < -0.39 is 12.5 Å². The summed E-state index contributed by atoms with van der Waals surface area (Å²) in [6.07, 6.45) is 6.78. The fourth-order valence-corrected chi connectivity index (χ4v) is 4.27. The van der Waals surface area contributed by atoms with Crippen LogP contribution in [-0.4, -0.2) is 47.6 Å². The number of aryl methyl sites for hydroxylation is 1. The molecule has 0 aliphatic rings. The Morgan fingerprint density at radius 3 is 2.88 bits per heavy atom. The van der Waals surface area contributed by atoms with Crippen LogP contribution in [0.5, 0.6) is 5.75 Å². The molecule has 0 atom stereocenters. The van der Waals surface area contributed by atoms with Gasteiger partial charge in [0, 0.05) is 28.9 Å². The molecule has 0 spiro atoms. The van der Waals surface area contributed by atoms with Gasteiger partial charge in [0.1, 0.15) is 5.69 Å². The number of aromatic nitrogens is 6. The fourth-order valence-electron chi connectivity index (χ4n) is 3.60. The first-order chi connectivity index (χ1) is 16.4. The van der Waals surface area contributed by atoms with Crippen LogP contribution < -0.4 is 10.5 Å². The van der Waals surface area contributed by atoms with E-state index in [1.54, 1.807) is 60.5 Å². The maximum absolute atomic E-state index is 13.1. The van der Waals surface area contributed by atoms with Gasteiger partial charge < -0.3 is 10.5 Å². The lowest BCUT2D eigenvalue weighted by atomic mass is 10.1. The van der Waals surface area contributed by atoms with Crippen molar-refractivity contribution in [2.75, 3.05) is 5.75 Å². The third-order valence-electron chi connectivity index (χ3n) is 5.06. The highest BCUT2D eigenvalue weighted by Crippen LogP contribution is 2.34. The van der Waals surface area contributed by atoms with Crippen LogP contribution in [0.4, 0.5) is 8.78 Å². The van der Waals surface area contributed by atoms with Gasteiger partial charge in [-0.05, 0) is 37.3 Å². The minimum Gasteiger partial charge on any atom is -0.433 e. The lowest BCUT2D eigenvalue weighted by Crippen LogP contribution is -2.13. The molecule has 4 aromatic heterocycles. The van der Waals surface area contributed by atoms with Crippen molar-refractivity contribution in [2.45, 2.75) is 18.4 Å². The summed E-state index contributed by atoms with van der Waals surface area (Å²) in [5, 5.41) is 9.61. The molecule has 0 saturated heterocycles. The zero-order valence-electron chi connectivity index (χ0n) is 17.7. The quantitative estimate of drug-likeness (QED) is 0.353. The number of hydrogen-bond donors (Lipinski definition) is 1. The third-order valence-corrected chi connectivity index (χ3v) is 6.08. The van der Waals surface area contributed by atoms with Crippen molar-refractivity contribution in [1.82, 2.24) is 29.4 Å². The summed E-state index contributed by atoms with van der Waals surface area (Å²) < 4.78 is 34.2. The number of pyridine rings is 1. The van der Waals surface area contributed by atoms with Gasteiger partial charge in [0.15, 0.2) is 11.4 Å². The molecule has 5 aromatic rings. The number of alkyl halides is 2. The number of nitrogens with two attached hydrogens (primary N) is 1. The molecule has 5 rings (SSSR count). The Labute approximate surface area is 195 Å². The number of benzene rings is 1. The summed E-state index contributed by atoms with van der Waals surface area (Å²) in [6.45, 7) is -1.22. The van der Waals surface area contributed by atoms with Crippen LogP contribution in [0.1, 0.15) is 5.69 Å². The van der Waals surface area contributed by atoms with E-state index in [-0.39, 0.29) is 11.5 Å². The van der Waals surface area contributed by atoms with Crippen molar-refractivity contribution in [1.29, 1.82) is 0 Å².